The molecule has 18 heavy (non-hydrogen) atoms. The van der Waals surface area contributed by atoms with Crippen LogP contribution in [0.4, 0.5) is 5.82 Å². The lowest BCUT2D eigenvalue weighted by molar-refractivity contribution is 0.0892. The van der Waals surface area contributed by atoms with Gasteiger partial charge in [-0.15, -0.1) is 0 Å². The second kappa shape index (κ2) is 5.46. The molecular formula is C13H19N3O2. The molecule has 1 fully saturated rings. The molecule has 1 aromatic rings. The topological polar surface area (TPSA) is 77.2 Å². The van der Waals surface area contributed by atoms with Crippen LogP contribution in [0.3, 0.4) is 0 Å². The fraction of sp³-hybridized carbons (Fsp3) is 0.538. The Morgan fingerprint density at radius 1 is 1.61 bits per heavy atom. The van der Waals surface area contributed by atoms with Crippen molar-refractivity contribution in [2.24, 2.45) is 5.92 Å². The molecule has 1 aromatic heterocycles. The maximum absolute atomic E-state index is 12.5. The number of aromatic nitrogens is 1. The van der Waals surface area contributed by atoms with Crippen LogP contribution in [0.5, 0.6) is 0 Å². The molecule has 2 unspecified atom stereocenters. The van der Waals surface area contributed by atoms with Crippen molar-refractivity contribution in [2.75, 3.05) is 25.5 Å². The fourth-order valence-corrected chi connectivity index (χ4v) is 2.25. The number of likely N-dealkylation sites (N-methyl/N-ethyl adjacent to an activating group) is 1. The van der Waals surface area contributed by atoms with Gasteiger partial charge in [0.05, 0.1) is 24.7 Å². The smallest absolute Gasteiger partial charge is 0.173 e. The number of nitrogen functional groups attached to an aromatic ring is 1. The molecule has 0 amide bonds. The van der Waals surface area contributed by atoms with E-state index in [2.05, 4.69) is 10.3 Å². The van der Waals surface area contributed by atoms with Crippen molar-refractivity contribution < 1.29 is 9.53 Å². The van der Waals surface area contributed by atoms with Crippen LogP contribution >= 0.6 is 0 Å². The highest BCUT2D eigenvalue weighted by Crippen LogP contribution is 2.22. The molecule has 2 rings (SSSR count). The van der Waals surface area contributed by atoms with Crippen LogP contribution in [0.2, 0.25) is 0 Å². The van der Waals surface area contributed by atoms with Gasteiger partial charge in [0.15, 0.2) is 5.78 Å². The van der Waals surface area contributed by atoms with E-state index in [9.17, 15) is 4.79 Å². The first-order valence-corrected chi connectivity index (χ1v) is 6.21. The number of pyridine rings is 1. The Bertz CT molecular complexity index is 448. The highest BCUT2D eigenvalue weighted by Gasteiger charge is 2.34. The number of rotatable bonds is 4. The standard InChI is InChI=1S/C13H19N3O2/c1-3-15-11-7-18-6-10(11)12(17)9-4-8(2)5-16-13(9)14/h4-5,10-11,15H,3,6-7H2,1-2H3,(H2,14,16). The number of Topliss-reactive ketones (excluding diaryl/α,β-unsaturated/α-hetero) is 1. The second-order valence-corrected chi connectivity index (χ2v) is 4.62. The highest BCUT2D eigenvalue weighted by atomic mass is 16.5. The number of aryl methyl sites for hydroxylation is 1. The Labute approximate surface area is 107 Å². The van der Waals surface area contributed by atoms with Crippen molar-refractivity contribution in [3.8, 4) is 0 Å². The monoisotopic (exact) mass is 249 g/mol. The van der Waals surface area contributed by atoms with E-state index >= 15 is 0 Å². The molecule has 98 valence electrons. The Hall–Kier alpha value is -1.46. The van der Waals surface area contributed by atoms with Gasteiger partial charge in [-0.2, -0.15) is 0 Å². The molecular weight excluding hydrogens is 230 g/mol. The van der Waals surface area contributed by atoms with Crippen molar-refractivity contribution in [1.29, 1.82) is 0 Å². The minimum absolute atomic E-state index is 0.0205. The number of hydrogen-bond donors (Lipinski definition) is 2. The summed E-state index contributed by atoms with van der Waals surface area (Å²) >= 11 is 0. The molecule has 1 aliphatic heterocycles. The van der Waals surface area contributed by atoms with E-state index in [1.54, 1.807) is 12.3 Å². The summed E-state index contributed by atoms with van der Waals surface area (Å²) in [6.45, 7) is 5.76. The van der Waals surface area contributed by atoms with Gasteiger partial charge >= 0.3 is 0 Å². The summed E-state index contributed by atoms with van der Waals surface area (Å²) in [6, 6.07) is 1.87. The molecule has 2 atom stereocenters. The average molecular weight is 249 g/mol. The molecule has 5 nitrogen and oxygen atoms in total. The van der Waals surface area contributed by atoms with Gasteiger partial charge in [0.25, 0.3) is 0 Å². The van der Waals surface area contributed by atoms with Gasteiger partial charge in [0, 0.05) is 12.2 Å². The minimum Gasteiger partial charge on any atom is -0.383 e. The first-order valence-electron chi connectivity index (χ1n) is 6.21. The van der Waals surface area contributed by atoms with Crippen LogP contribution in [0.15, 0.2) is 12.3 Å². The van der Waals surface area contributed by atoms with Crippen LogP contribution in [-0.2, 0) is 4.74 Å². The molecule has 1 saturated heterocycles. The number of carbonyl (C=O) groups is 1. The molecule has 3 N–H and O–H groups in total. The van der Waals surface area contributed by atoms with E-state index in [-0.39, 0.29) is 17.7 Å². The van der Waals surface area contributed by atoms with Gasteiger partial charge in [-0.25, -0.2) is 4.98 Å². The third-order valence-electron chi connectivity index (χ3n) is 3.20. The zero-order valence-electron chi connectivity index (χ0n) is 10.8. The van der Waals surface area contributed by atoms with Crippen molar-refractivity contribution in [2.45, 2.75) is 19.9 Å². The summed E-state index contributed by atoms with van der Waals surface area (Å²) in [6.07, 6.45) is 1.67. The van der Waals surface area contributed by atoms with Crippen molar-refractivity contribution in [3.63, 3.8) is 0 Å². The lowest BCUT2D eigenvalue weighted by atomic mass is 9.93. The molecule has 5 heteroatoms. The van der Waals surface area contributed by atoms with Gasteiger partial charge in [0.2, 0.25) is 0 Å². The van der Waals surface area contributed by atoms with Crippen LogP contribution in [0, 0.1) is 12.8 Å². The number of anilines is 1. The molecule has 0 saturated carbocycles. The number of ether oxygens (including phenoxy) is 1. The fourth-order valence-electron chi connectivity index (χ4n) is 2.25. The molecule has 0 bridgehead atoms. The second-order valence-electron chi connectivity index (χ2n) is 4.62. The van der Waals surface area contributed by atoms with Crippen LogP contribution in [0.1, 0.15) is 22.8 Å². The van der Waals surface area contributed by atoms with Crippen LogP contribution in [-0.4, -0.2) is 36.6 Å². The first kappa shape index (κ1) is 13.0. The maximum Gasteiger partial charge on any atom is 0.173 e. The molecule has 1 aliphatic rings. The van der Waals surface area contributed by atoms with E-state index in [0.717, 1.165) is 12.1 Å². The van der Waals surface area contributed by atoms with Crippen molar-refractivity contribution in [3.05, 3.63) is 23.4 Å². The zero-order chi connectivity index (χ0) is 13.1. The summed E-state index contributed by atoms with van der Waals surface area (Å²) in [5, 5.41) is 3.27. The molecule has 0 aliphatic carbocycles. The summed E-state index contributed by atoms with van der Waals surface area (Å²) in [4.78, 5) is 16.5. The SMILES string of the molecule is CCNC1COCC1C(=O)c1cc(C)cnc1N. The number of carbonyl (C=O) groups excluding carboxylic acids is 1. The van der Waals surface area contributed by atoms with Crippen LogP contribution in [0.25, 0.3) is 0 Å². The number of ketones is 1. The van der Waals surface area contributed by atoms with Gasteiger partial charge in [-0.05, 0) is 25.1 Å². The highest BCUT2D eigenvalue weighted by molar-refractivity contribution is 6.02. The number of nitrogens with two attached hydrogens (primary N) is 1. The van der Waals surface area contributed by atoms with E-state index < -0.39 is 0 Å². The lowest BCUT2D eigenvalue weighted by Crippen LogP contribution is -2.39. The number of nitrogens with one attached hydrogen (secondary N) is 1. The molecule has 0 radical (unpaired) electrons. The first-order chi connectivity index (χ1) is 8.63. The normalized spacial score (nSPS) is 23.2. The predicted octanol–water partition coefficient (Wildman–Crippen LogP) is 0.779. The maximum atomic E-state index is 12.5. The number of nitrogens with zero attached hydrogens (tertiary/aromatic N) is 1. The number of hydrogen-bond acceptors (Lipinski definition) is 5. The van der Waals surface area contributed by atoms with E-state index in [1.807, 2.05) is 13.8 Å². The molecule has 2 heterocycles. The Kier molecular flexibility index (Phi) is 3.93. The molecule has 0 spiro atoms. The van der Waals surface area contributed by atoms with Crippen molar-refractivity contribution in [1.82, 2.24) is 10.3 Å². The summed E-state index contributed by atoms with van der Waals surface area (Å²) in [5.41, 5.74) is 7.23. The largest absolute Gasteiger partial charge is 0.383 e. The Morgan fingerprint density at radius 3 is 3.11 bits per heavy atom. The van der Waals surface area contributed by atoms with Crippen molar-refractivity contribution >= 4 is 11.6 Å². The Balaban J connectivity index is 2.22. The average Bonchev–Trinajstić information content (AvgIpc) is 2.80. The summed E-state index contributed by atoms with van der Waals surface area (Å²) < 4.78 is 5.39. The quantitative estimate of drug-likeness (QED) is 0.771. The lowest BCUT2D eigenvalue weighted by Gasteiger charge is -2.17. The Morgan fingerprint density at radius 2 is 2.39 bits per heavy atom. The van der Waals surface area contributed by atoms with Crippen LogP contribution < -0.4 is 11.1 Å². The van der Waals surface area contributed by atoms with E-state index in [1.165, 1.54) is 0 Å². The minimum atomic E-state index is -0.171. The zero-order valence-corrected chi connectivity index (χ0v) is 10.8. The third kappa shape index (κ3) is 2.52. The predicted molar refractivity (Wildman–Crippen MR) is 69.5 cm³/mol. The van der Waals surface area contributed by atoms with Gasteiger partial charge in [-0.3, -0.25) is 4.79 Å². The summed E-state index contributed by atoms with van der Waals surface area (Å²) in [7, 11) is 0. The molecule has 0 aromatic carbocycles. The van der Waals surface area contributed by atoms with Gasteiger partial charge in [-0.1, -0.05) is 6.92 Å². The summed E-state index contributed by atoms with van der Waals surface area (Å²) in [5.74, 6) is 0.149. The third-order valence-corrected chi connectivity index (χ3v) is 3.20. The van der Waals surface area contributed by atoms with E-state index in [0.29, 0.717) is 24.6 Å². The van der Waals surface area contributed by atoms with E-state index in [4.69, 9.17) is 10.5 Å². The van der Waals surface area contributed by atoms with Gasteiger partial charge in [0.1, 0.15) is 5.82 Å². The van der Waals surface area contributed by atoms with Gasteiger partial charge < -0.3 is 15.8 Å².